The Hall–Kier alpha value is -1.81. The molecular weight excluding hydrogens is 286 g/mol. The highest BCUT2D eigenvalue weighted by atomic mass is 16.2. The van der Waals surface area contributed by atoms with E-state index in [2.05, 4.69) is 58.9 Å². The van der Waals surface area contributed by atoms with E-state index in [1.54, 1.807) is 0 Å². The standard InChI is InChI=1S/C19H27N3O/c1-20(2)15-22-14-16(17-9-5-6-10-18(17)22)13-19(23)21-11-7-3-4-8-12-21/h5-6,9-10,14H,3-4,7-8,11-13,15H2,1-2H3. The highest BCUT2D eigenvalue weighted by Crippen LogP contribution is 2.23. The molecule has 124 valence electrons. The number of hydrogen-bond acceptors (Lipinski definition) is 2. The lowest BCUT2D eigenvalue weighted by molar-refractivity contribution is -0.130. The number of aromatic nitrogens is 1. The Morgan fingerprint density at radius 3 is 2.48 bits per heavy atom. The van der Waals surface area contributed by atoms with Crippen LogP contribution in [0.4, 0.5) is 0 Å². The van der Waals surface area contributed by atoms with Gasteiger partial charge in [0.15, 0.2) is 0 Å². The molecule has 0 aliphatic carbocycles. The maximum Gasteiger partial charge on any atom is 0.227 e. The van der Waals surface area contributed by atoms with E-state index >= 15 is 0 Å². The Labute approximate surface area is 138 Å². The average Bonchev–Trinajstić information content (AvgIpc) is 2.73. The van der Waals surface area contributed by atoms with Crippen LogP contribution in [0, 0.1) is 0 Å². The summed E-state index contributed by atoms with van der Waals surface area (Å²) >= 11 is 0. The number of rotatable bonds is 4. The third kappa shape index (κ3) is 3.75. The number of fused-ring (bicyclic) bond motifs is 1. The fraction of sp³-hybridized carbons (Fsp3) is 0.526. The zero-order valence-electron chi connectivity index (χ0n) is 14.3. The second-order valence-corrected chi connectivity index (χ2v) is 6.83. The Morgan fingerprint density at radius 1 is 1.09 bits per heavy atom. The number of likely N-dealkylation sites (tertiary alicyclic amines) is 1. The molecule has 1 fully saturated rings. The number of para-hydroxylation sites is 1. The van der Waals surface area contributed by atoms with Crippen molar-refractivity contribution in [2.75, 3.05) is 27.2 Å². The van der Waals surface area contributed by atoms with Crippen molar-refractivity contribution in [3.63, 3.8) is 0 Å². The summed E-state index contributed by atoms with van der Waals surface area (Å²) in [6, 6.07) is 8.39. The smallest absolute Gasteiger partial charge is 0.227 e. The SMILES string of the molecule is CN(C)Cn1cc(CC(=O)N2CCCCCC2)c2ccccc21. The Kier molecular flexibility index (Phi) is 5.01. The minimum absolute atomic E-state index is 0.277. The molecule has 1 aromatic carbocycles. The highest BCUT2D eigenvalue weighted by Gasteiger charge is 2.18. The van der Waals surface area contributed by atoms with Crippen molar-refractivity contribution in [3.8, 4) is 0 Å². The van der Waals surface area contributed by atoms with Crippen LogP contribution >= 0.6 is 0 Å². The molecule has 0 radical (unpaired) electrons. The van der Waals surface area contributed by atoms with Gasteiger partial charge in [-0.1, -0.05) is 31.0 Å². The molecule has 0 N–H and O–H groups in total. The van der Waals surface area contributed by atoms with Gasteiger partial charge in [-0.25, -0.2) is 0 Å². The first-order valence-corrected chi connectivity index (χ1v) is 8.64. The average molecular weight is 313 g/mol. The molecule has 1 aromatic heterocycles. The number of nitrogens with zero attached hydrogens (tertiary/aromatic N) is 3. The topological polar surface area (TPSA) is 28.5 Å². The van der Waals surface area contributed by atoms with Crippen molar-refractivity contribution in [2.45, 2.75) is 38.8 Å². The molecule has 1 aliphatic rings. The van der Waals surface area contributed by atoms with E-state index in [1.807, 2.05) is 0 Å². The minimum Gasteiger partial charge on any atom is -0.342 e. The number of amides is 1. The summed E-state index contributed by atoms with van der Waals surface area (Å²) in [5.74, 6) is 0.277. The van der Waals surface area contributed by atoms with Gasteiger partial charge >= 0.3 is 0 Å². The van der Waals surface area contributed by atoms with E-state index < -0.39 is 0 Å². The van der Waals surface area contributed by atoms with Crippen LogP contribution in [0.15, 0.2) is 30.5 Å². The Balaban J connectivity index is 1.83. The summed E-state index contributed by atoms with van der Waals surface area (Å²) in [7, 11) is 4.13. The van der Waals surface area contributed by atoms with E-state index in [4.69, 9.17) is 0 Å². The second-order valence-electron chi connectivity index (χ2n) is 6.83. The van der Waals surface area contributed by atoms with Crippen molar-refractivity contribution in [2.24, 2.45) is 0 Å². The van der Waals surface area contributed by atoms with Gasteiger partial charge in [-0.3, -0.25) is 9.69 Å². The molecule has 0 atom stereocenters. The fourth-order valence-corrected chi connectivity index (χ4v) is 3.48. The monoisotopic (exact) mass is 313 g/mol. The Morgan fingerprint density at radius 2 is 1.78 bits per heavy atom. The third-order valence-electron chi connectivity index (χ3n) is 4.61. The van der Waals surface area contributed by atoms with Gasteiger partial charge in [0.1, 0.15) is 0 Å². The van der Waals surface area contributed by atoms with Crippen LogP contribution in [0.1, 0.15) is 31.2 Å². The summed E-state index contributed by atoms with van der Waals surface area (Å²) in [6.45, 7) is 2.68. The largest absolute Gasteiger partial charge is 0.342 e. The lowest BCUT2D eigenvalue weighted by Gasteiger charge is -2.20. The normalized spacial score (nSPS) is 16.0. The van der Waals surface area contributed by atoms with Crippen molar-refractivity contribution >= 4 is 16.8 Å². The molecule has 0 spiro atoms. The molecule has 4 nitrogen and oxygen atoms in total. The van der Waals surface area contributed by atoms with E-state index in [0.29, 0.717) is 6.42 Å². The molecule has 3 rings (SSSR count). The molecule has 1 saturated heterocycles. The number of carbonyl (C=O) groups excluding carboxylic acids is 1. The van der Waals surface area contributed by atoms with Gasteiger partial charge in [0.25, 0.3) is 0 Å². The van der Waals surface area contributed by atoms with Gasteiger partial charge in [-0.15, -0.1) is 0 Å². The first-order chi connectivity index (χ1) is 11.1. The van der Waals surface area contributed by atoms with Crippen LogP contribution in [0.2, 0.25) is 0 Å². The number of benzene rings is 1. The maximum atomic E-state index is 12.7. The molecule has 0 unspecified atom stereocenters. The molecule has 0 saturated carbocycles. The van der Waals surface area contributed by atoms with Gasteiger partial charge in [-0.2, -0.15) is 0 Å². The number of carbonyl (C=O) groups is 1. The van der Waals surface area contributed by atoms with Crippen molar-refractivity contribution < 1.29 is 4.79 Å². The minimum atomic E-state index is 0.277. The van der Waals surface area contributed by atoms with Crippen LogP contribution in [0.3, 0.4) is 0 Å². The number of hydrogen-bond donors (Lipinski definition) is 0. The van der Waals surface area contributed by atoms with Crippen LogP contribution < -0.4 is 0 Å². The molecule has 4 heteroatoms. The van der Waals surface area contributed by atoms with Crippen molar-refractivity contribution in [1.82, 2.24) is 14.4 Å². The quantitative estimate of drug-likeness (QED) is 0.868. The van der Waals surface area contributed by atoms with Crippen molar-refractivity contribution in [1.29, 1.82) is 0 Å². The van der Waals surface area contributed by atoms with Crippen LogP contribution in [-0.2, 0) is 17.9 Å². The van der Waals surface area contributed by atoms with E-state index in [9.17, 15) is 4.79 Å². The molecule has 2 heterocycles. The molecule has 23 heavy (non-hydrogen) atoms. The Bertz CT molecular complexity index is 666. The van der Waals surface area contributed by atoms with Gasteiger partial charge in [0, 0.05) is 30.2 Å². The summed E-state index contributed by atoms with van der Waals surface area (Å²) in [5, 5.41) is 1.21. The molecule has 1 amide bonds. The summed E-state index contributed by atoms with van der Waals surface area (Å²) in [6.07, 6.45) is 7.47. The van der Waals surface area contributed by atoms with Crippen LogP contribution in [-0.4, -0.2) is 47.5 Å². The lowest BCUT2D eigenvalue weighted by atomic mass is 10.1. The van der Waals surface area contributed by atoms with Gasteiger partial charge < -0.3 is 9.47 Å². The summed E-state index contributed by atoms with van der Waals surface area (Å²) < 4.78 is 2.24. The first-order valence-electron chi connectivity index (χ1n) is 8.64. The highest BCUT2D eigenvalue weighted by molar-refractivity contribution is 5.89. The van der Waals surface area contributed by atoms with Crippen LogP contribution in [0.25, 0.3) is 10.9 Å². The van der Waals surface area contributed by atoms with Crippen LogP contribution in [0.5, 0.6) is 0 Å². The fourth-order valence-electron chi connectivity index (χ4n) is 3.48. The van der Waals surface area contributed by atoms with E-state index in [1.165, 1.54) is 23.7 Å². The third-order valence-corrected chi connectivity index (χ3v) is 4.61. The molecular formula is C19H27N3O. The van der Waals surface area contributed by atoms with Gasteiger partial charge in [0.2, 0.25) is 5.91 Å². The maximum absolute atomic E-state index is 12.7. The van der Waals surface area contributed by atoms with Crippen molar-refractivity contribution in [3.05, 3.63) is 36.0 Å². The second kappa shape index (κ2) is 7.18. The summed E-state index contributed by atoms with van der Waals surface area (Å²) in [4.78, 5) is 16.9. The first kappa shape index (κ1) is 16.1. The predicted octanol–water partition coefficient (Wildman–Crippen LogP) is 3.11. The van der Waals surface area contributed by atoms with E-state index in [-0.39, 0.29) is 5.91 Å². The zero-order chi connectivity index (χ0) is 16.2. The van der Waals surface area contributed by atoms with Gasteiger partial charge in [-0.05, 0) is 38.6 Å². The summed E-state index contributed by atoms with van der Waals surface area (Å²) in [5.41, 5.74) is 2.36. The lowest BCUT2D eigenvalue weighted by Crippen LogP contribution is -2.33. The predicted molar refractivity (Wildman–Crippen MR) is 94.4 cm³/mol. The molecule has 2 aromatic rings. The molecule has 1 aliphatic heterocycles. The van der Waals surface area contributed by atoms with E-state index in [0.717, 1.165) is 38.2 Å². The van der Waals surface area contributed by atoms with Gasteiger partial charge in [0.05, 0.1) is 13.1 Å². The molecule has 0 bridgehead atoms. The zero-order valence-corrected chi connectivity index (χ0v) is 14.3.